The minimum Gasteiger partial charge on any atom is -0.103 e. The lowest BCUT2D eigenvalue weighted by Gasteiger charge is -1.92. The number of unbranched alkanes of at least 4 members (excludes halogenated alkanes) is 1. The van der Waals surface area contributed by atoms with Gasteiger partial charge in [-0.25, -0.2) is 0 Å². The number of allylic oxidation sites excluding steroid dienone is 4. The highest BCUT2D eigenvalue weighted by atomic mass is 13.9. The highest BCUT2D eigenvalue weighted by Crippen LogP contribution is 2.02. The SMILES string of the molecule is C=C(C)/C(C)=C/C.C=CC.CC.CC.CC.CCCC. The molecule has 0 bridgehead atoms. The molecule has 0 aliphatic heterocycles. The van der Waals surface area contributed by atoms with Crippen LogP contribution in [0.25, 0.3) is 0 Å². The van der Waals surface area contributed by atoms with E-state index in [1.165, 1.54) is 18.4 Å². The highest BCUT2D eigenvalue weighted by molar-refractivity contribution is 5.22. The van der Waals surface area contributed by atoms with Crippen molar-refractivity contribution >= 4 is 0 Å². The molecule has 0 saturated carbocycles. The van der Waals surface area contributed by atoms with Crippen molar-refractivity contribution in [1.82, 2.24) is 0 Å². The maximum Gasteiger partial charge on any atom is -0.0399 e. The summed E-state index contributed by atoms with van der Waals surface area (Å²) in [6.07, 6.45) is 6.45. The summed E-state index contributed by atoms with van der Waals surface area (Å²) >= 11 is 0. The van der Waals surface area contributed by atoms with Crippen LogP contribution in [0.3, 0.4) is 0 Å². The topological polar surface area (TPSA) is 0 Å². The molecule has 0 fully saturated rings. The van der Waals surface area contributed by atoms with E-state index in [-0.39, 0.29) is 0 Å². The Labute approximate surface area is 133 Å². The lowest BCUT2D eigenvalue weighted by Crippen LogP contribution is -1.71. The van der Waals surface area contributed by atoms with Crippen LogP contribution in [-0.2, 0) is 0 Å². The standard InChI is InChI=1S/C7H12.C4H10.C3H6.3C2H6/c1-5-7(4)6(2)3;1-3-4-2;1-3-2;3*1-2/h5H,2H2,1,3-4H3;3-4H2,1-2H3;3H,1H2,2H3;3*1-2H3/b7-5+;;;;;. The molecular formula is C20H46. The Bertz CT molecular complexity index is 147. The minimum atomic E-state index is 1.16. The van der Waals surface area contributed by atoms with Crippen LogP contribution in [0.1, 0.15) is 95.9 Å². The first kappa shape index (κ1) is 36.5. The Morgan fingerprint density at radius 1 is 0.800 bits per heavy atom. The number of hydrogen-bond acceptors (Lipinski definition) is 0. The van der Waals surface area contributed by atoms with Crippen LogP contribution in [0.2, 0.25) is 0 Å². The van der Waals surface area contributed by atoms with Crippen LogP contribution >= 0.6 is 0 Å². The molecule has 20 heavy (non-hydrogen) atoms. The maximum absolute atomic E-state index is 3.76. The summed E-state index contributed by atoms with van der Waals surface area (Å²) < 4.78 is 0. The second-order valence-electron chi connectivity index (χ2n) is 3.16. The van der Waals surface area contributed by atoms with E-state index >= 15 is 0 Å². The van der Waals surface area contributed by atoms with Crippen molar-refractivity contribution < 1.29 is 0 Å². The fraction of sp³-hybridized carbons (Fsp3) is 0.700. The Balaban J connectivity index is -0.0000000327. The van der Waals surface area contributed by atoms with E-state index in [1.54, 1.807) is 6.08 Å². The zero-order chi connectivity index (χ0) is 18.0. The van der Waals surface area contributed by atoms with Crippen molar-refractivity contribution in [3.63, 3.8) is 0 Å². The largest absolute Gasteiger partial charge is 0.103 e. The molecule has 0 N–H and O–H groups in total. The van der Waals surface area contributed by atoms with Gasteiger partial charge in [0.15, 0.2) is 0 Å². The van der Waals surface area contributed by atoms with Crippen LogP contribution in [-0.4, -0.2) is 0 Å². The van der Waals surface area contributed by atoms with Gasteiger partial charge in [0, 0.05) is 0 Å². The smallest absolute Gasteiger partial charge is 0.0399 e. The van der Waals surface area contributed by atoms with Gasteiger partial charge in [0.2, 0.25) is 0 Å². The average Bonchev–Trinajstić information content (AvgIpc) is 2.53. The van der Waals surface area contributed by atoms with E-state index in [0.717, 1.165) is 5.57 Å². The van der Waals surface area contributed by atoms with E-state index in [1.807, 2.05) is 62.3 Å². The van der Waals surface area contributed by atoms with Crippen molar-refractivity contribution in [1.29, 1.82) is 0 Å². The average molecular weight is 287 g/mol. The molecule has 0 nitrogen and oxygen atoms in total. The molecule has 0 aromatic carbocycles. The van der Waals surface area contributed by atoms with Crippen molar-refractivity contribution in [2.45, 2.75) is 95.9 Å². The third-order valence-electron chi connectivity index (χ3n) is 1.61. The molecule has 0 heterocycles. The molecule has 0 unspecified atom stereocenters. The van der Waals surface area contributed by atoms with Crippen LogP contribution in [0.4, 0.5) is 0 Å². The highest BCUT2D eigenvalue weighted by Gasteiger charge is 1.81. The van der Waals surface area contributed by atoms with Gasteiger partial charge >= 0.3 is 0 Å². The first-order valence-corrected chi connectivity index (χ1v) is 8.37. The van der Waals surface area contributed by atoms with Gasteiger partial charge in [0.05, 0.1) is 0 Å². The fourth-order valence-corrected chi connectivity index (χ4v) is 0.246. The third-order valence-corrected chi connectivity index (χ3v) is 1.61. The lowest BCUT2D eigenvalue weighted by atomic mass is 10.2. The molecule has 0 atom stereocenters. The first-order valence-electron chi connectivity index (χ1n) is 8.37. The molecule has 0 aromatic heterocycles. The normalized spacial score (nSPS) is 7.10. The fourth-order valence-electron chi connectivity index (χ4n) is 0.246. The predicted molar refractivity (Wildman–Crippen MR) is 105 cm³/mol. The summed E-state index contributed by atoms with van der Waals surface area (Å²) in [5.74, 6) is 0. The molecule has 0 amide bonds. The Hall–Kier alpha value is -0.780. The minimum absolute atomic E-state index is 1.16. The van der Waals surface area contributed by atoms with E-state index < -0.39 is 0 Å². The molecule has 0 spiro atoms. The Morgan fingerprint density at radius 3 is 1.00 bits per heavy atom. The molecule has 0 heteroatoms. The molecule has 0 aliphatic rings. The van der Waals surface area contributed by atoms with Crippen LogP contribution in [0.15, 0.2) is 36.5 Å². The van der Waals surface area contributed by atoms with E-state index in [4.69, 9.17) is 0 Å². The van der Waals surface area contributed by atoms with Crippen LogP contribution in [0.5, 0.6) is 0 Å². The molecule has 0 rings (SSSR count). The summed E-state index contributed by atoms with van der Waals surface area (Å²) in [5.41, 5.74) is 2.43. The van der Waals surface area contributed by atoms with Gasteiger partial charge < -0.3 is 0 Å². The predicted octanol–water partition coefficient (Wildman–Crippen LogP) is 8.61. The van der Waals surface area contributed by atoms with Crippen molar-refractivity contribution in [3.05, 3.63) is 36.5 Å². The van der Waals surface area contributed by atoms with E-state index in [2.05, 4.69) is 40.0 Å². The Kier molecular flexibility index (Phi) is 116. The Morgan fingerprint density at radius 2 is 1.00 bits per heavy atom. The molecule has 0 aromatic rings. The maximum atomic E-state index is 3.76. The third kappa shape index (κ3) is 117. The monoisotopic (exact) mass is 286 g/mol. The second kappa shape index (κ2) is 63.6. The number of rotatable bonds is 2. The molecule has 0 radical (unpaired) electrons. The van der Waals surface area contributed by atoms with Crippen molar-refractivity contribution in [2.24, 2.45) is 0 Å². The van der Waals surface area contributed by atoms with Crippen molar-refractivity contribution in [2.75, 3.05) is 0 Å². The van der Waals surface area contributed by atoms with Gasteiger partial charge in [-0.2, -0.15) is 0 Å². The molecule has 126 valence electrons. The molecule has 0 saturated heterocycles. The summed E-state index contributed by atoms with van der Waals surface area (Å²) in [7, 11) is 0. The van der Waals surface area contributed by atoms with Crippen molar-refractivity contribution in [3.8, 4) is 0 Å². The van der Waals surface area contributed by atoms with E-state index in [9.17, 15) is 0 Å². The summed E-state index contributed by atoms with van der Waals surface area (Å²) in [5, 5.41) is 0. The van der Waals surface area contributed by atoms with Gasteiger partial charge in [-0.05, 0) is 27.7 Å². The van der Waals surface area contributed by atoms with Gasteiger partial charge in [-0.3, -0.25) is 0 Å². The summed E-state index contributed by atoms with van der Waals surface area (Å²) in [6.45, 7) is 31.5. The molecular weight excluding hydrogens is 240 g/mol. The molecule has 0 aliphatic carbocycles. The zero-order valence-electron chi connectivity index (χ0n) is 17.0. The van der Waals surface area contributed by atoms with Gasteiger partial charge in [-0.15, -0.1) is 6.58 Å². The van der Waals surface area contributed by atoms with Gasteiger partial charge in [0.25, 0.3) is 0 Å². The summed E-state index contributed by atoms with van der Waals surface area (Å²) in [6, 6.07) is 0. The van der Waals surface area contributed by atoms with Crippen LogP contribution in [0, 0.1) is 0 Å². The zero-order valence-corrected chi connectivity index (χ0v) is 17.0. The lowest BCUT2D eigenvalue weighted by molar-refractivity contribution is 0.886. The van der Waals surface area contributed by atoms with Gasteiger partial charge in [0.1, 0.15) is 0 Å². The van der Waals surface area contributed by atoms with Crippen LogP contribution < -0.4 is 0 Å². The first-order chi connectivity index (χ1) is 9.51. The van der Waals surface area contributed by atoms with Gasteiger partial charge in [-0.1, -0.05) is 98.1 Å². The second-order valence-corrected chi connectivity index (χ2v) is 3.16. The summed E-state index contributed by atoms with van der Waals surface area (Å²) in [4.78, 5) is 0. The van der Waals surface area contributed by atoms with E-state index in [0.29, 0.717) is 0 Å². The quantitative estimate of drug-likeness (QED) is 0.352. The number of hydrogen-bond donors (Lipinski definition) is 0.